The van der Waals surface area contributed by atoms with E-state index in [9.17, 15) is 5.48 Å². The van der Waals surface area contributed by atoms with E-state index in [1.165, 1.54) is 0 Å². The molecule has 0 radical (unpaired) electrons. The molecule has 16 rings (SSSR count). The minimum atomic E-state index is -0.646. The van der Waals surface area contributed by atoms with Crippen LogP contribution in [0.3, 0.4) is 0 Å². The molecule has 3 aromatic heterocycles. The molecule has 0 N–H and O–H groups in total. The molecule has 0 saturated carbocycles. The molecule has 0 aliphatic carbocycles. The van der Waals surface area contributed by atoms with Crippen molar-refractivity contribution in [2.45, 2.75) is 38.3 Å². The number of fused-ring (bicyclic) bond motifs is 10. The molecule has 0 amide bonds. The van der Waals surface area contributed by atoms with Gasteiger partial charge in [-0.15, -0.1) is 29.7 Å². The zero-order chi connectivity index (χ0) is 62.6. The molecule has 10 aromatic carbocycles. The van der Waals surface area contributed by atoms with Crippen LogP contribution in [0.1, 0.15) is 51.4 Å². The summed E-state index contributed by atoms with van der Waals surface area (Å²) in [6.07, 6.45) is 4.72. The Hall–Kier alpha value is -9.43. The molecular weight excluding hydrogens is 1190 g/mol. The molecule has 0 bridgehead atoms. The van der Waals surface area contributed by atoms with Gasteiger partial charge in [-0.2, -0.15) is 18.2 Å². The fraction of sp³-hybridized carbons (Fsp3) is 0.0833. The Bertz CT molecular complexity index is 5180. The second kappa shape index (κ2) is 19.4. The van der Waals surface area contributed by atoms with Crippen LogP contribution in [0.5, 0.6) is 34.5 Å². The van der Waals surface area contributed by atoms with Gasteiger partial charge in [-0.25, -0.2) is 4.98 Å². The van der Waals surface area contributed by atoms with Crippen molar-refractivity contribution in [3.8, 4) is 85.1 Å². The number of ether oxygens (including phenoxy) is 4. The summed E-state index contributed by atoms with van der Waals surface area (Å²) in [5, 5.41) is 1.98. The van der Waals surface area contributed by atoms with Crippen LogP contribution in [0, 0.1) is 18.5 Å². The first kappa shape index (κ1) is 39.9. The van der Waals surface area contributed by atoms with Gasteiger partial charge in [-0.3, -0.25) is 4.57 Å². The third-order valence-corrected chi connectivity index (χ3v) is 15.7. The van der Waals surface area contributed by atoms with Crippen LogP contribution < -0.4 is 34.4 Å². The Labute approximate surface area is 503 Å². The van der Waals surface area contributed by atoms with Crippen LogP contribution in [0.2, 0.25) is 0 Å². The topological polar surface area (TPSA) is 63.6 Å². The quantitative estimate of drug-likeness (QED) is 0.0862. The molecule has 0 fully saturated rings. The Kier molecular flexibility index (Phi) is 9.43. The second-order valence-corrected chi connectivity index (χ2v) is 21.4. The Morgan fingerprint density at radius 1 is 0.610 bits per heavy atom. The van der Waals surface area contributed by atoms with Gasteiger partial charge < -0.3 is 28.1 Å². The number of rotatable bonds is 8. The van der Waals surface area contributed by atoms with Crippen LogP contribution in [0.25, 0.3) is 83.4 Å². The van der Waals surface area contributed by atoms with E-state index in [-0.39, 0.29) is 67.0 Å². The maximum absolute atomic E-state index is 9.36. The average molecular weight is 1250 g/mol. The van der Waals surface area contributed by atoms with E-state index in [0.717, 1.165) is 55.4 Å². The number of imidazole rings is 1. The number of nitrogens with zero attached hydrogens (tertiary/aromatic N) is 4. The number of pyridine rings is 1. The Morgan fingerprint density at radius 3 is 2.12 bits per heavy atom. The van der Waals surface area contributed by atoms with E-state index in [1.807, 2.05) is 115 Å². The Balaban J connectivity index is 0.00000702. The average Bonchev–Trinajstić information content (AvgIpc) is 1.37. The van der Waals surface area contributed by atoms with Gasteiger partial charge in [0.1, 0.15) is 28.8 Å². The van der Waals surface area contributed by atoms with Crippen molar-refractivity contribution in [3.05, 3.63) is 260 Å². The molecule has 0 spiro atoms. The molecule has 3 aliphatic rings. The molecule has 6 heterocycles. The molecule has 0 saturated heterocycles. The zero-order valence-electron chi connectivity index (χ0n) is 54.1. The van der Waals surface area contributed by atoms with Crippen molar-refractivity contribution in [2.24, 2.45) is 0 Å². The van der Waals surface area contributed by atoms with Crippen molar-refractivity contribution in [2.75, 3.05) is 0 Å². The molecule has 2 atom stereocenters. The summed E-state index contributed by atoms with van der Waals surface area (Å²) in [6.45, 7) is 6.33. The monoisotopic (exact) mass is 1250 g/mol. The van der Waals surface area contributed by atoms with Crippen LogP contribution in [0.15, 0.2) is 230 Å². The number of para-hydroxylation sites is 4. The van der Waals surface area contributed by atoms with E-state index in [2.05, 4.69) is 74.1 Å². The molecule has 396 valence electrons. The summed E-state index contributed by atoms with van der Waals surface area (Å²) in [5.74, 6) is 3.93. The van der Waals surface area contributed by atoms with Gasteiger partial charge in [0.05, 0.1) is 30.4 Å². The third kappa shape index (κ3) is 8.08. The molecule has 8 nitrogen and oxygen atoms in total. The second-order valence-electron chi connectivity index (χ2n) is 21.4. The summed E-state index contributed by atoms with van der Waals surface area (Å²) >= 11 is 0. The molecule has 10 heteroatoms. The van der Waals surface area contributed by atoms with Gasteiger partial charge in [0.15, 0.2) is 0 Å². The largest absolute Gasteiger partial charge is 0.510 e. The summed E-state index contributed by atoms with van der Waals surface area (Å²) in [4.78, 5) is 4.85. The predicted octanol–water partition coefficient (Wildman–Crippen LogP) is 15.0. The van der Waals surface area contributed by atoms with Crippen molar-refractivity contribution in [1.29, 1.82) is 0 Å². The molecule has 3 aliphatic heterocycles. The number of aromatic nitrogens is 4. The van der Waals surface area contributed by atoms with E-state index in [0.29, 0.717) is 56.6 Å². The fourth-order valence-electron chi connectivity index (χ4n) is 12.0. The van der Waals surface area contributed by atoms with Gasteiger partial charge in [-0.05, 0) is 115 Å². The molecule has 13 aromatic rings. The summed E-state index contributed by atoms with van der Waals surface area (Å²) in [7, 11) is 0. The molecular formula is C72H49BN4O4Pt-2. The Morgan fingerprint density at radius 2 is 1.32 bits per heavy atom. The summed E-state index contributed by atoms with van der Waals surface area (Å²) in [5.41, 5.74) is 8.32. The van der Waals surface area contributed by atoms with E-state index < -0.39 is 66.7 Å². The van der Waals surface area contributed by atoms with Crippen molar-refractivity contribution in [1.82, 2.24) is 14.1 Å². The SMILES string of the molecule is [2H]c1c([2H])c([2H])c(-c2cccc(-c3c([2H])c([2H])c([2H])c([2H])c3[2H])c2-[n+]2[c-]n(-c3[c-]c(Oc4[c-]c5c(cc4)c4ccccc4n5-c4cc(C(C)(C)C)ccn4)ccc3)c3ccc(-c4cc5c6c(c4)OC4Oc7ccccc7C4B6c4ccccc4O5)cc32)c([2H])c1[2H].[Pt]. The van der Waals surface area contributed by atoms with E-state index in [1.54, 1.807) is 33.4 Å². The van der Waals surface area contributed by atoms with Crippen molar-refractivity contribution in [3.63, 3.8) is 0 Å². The standard InChI is InChI=1S/C72H49BN4O4.Pt/c1-72(2,3)49-36-37-74-67(41-49)77-59-29-13-10-24-55(59)56-34-33-52(43-61(56)77)78-51-23-16-22-50(42-51)75-44-76(70-53(45-18-6-4-7-19-45)26-17-27-54(70)46-20-8-5-9-21-46)62-38-47(32-35-60(62)75)48-39-65-69-66(40-48)81-71-68(57-25-11-14-30-63(57)80-71)73(69)58-28-12-15-31-64(58)79-65;/h4-41,68,71H,1-3H3;/q-2;/i4D,5D,6D,7D,8D,9D,18D,19D,20D,21D;. The minimum absolute atomic E-state index is 0. The summed E-state index contributed by atoms with van der Waals surface area (Å²) < 4.78 is 122. The first-order valence-corrected chi connectivity index (χ1v) is 26.7. The van der Waals surface area contributed by atoms with Crippen LogP contribution >= 0.6 is 0 Å². The maximum Gasteiger partial charge on any atom is 0.268 e. The zero-order valence-corrected chi connectivity index (χ0v) is 46.4. The predicted molar refractivity (Wildman–Crippen MR) is 321 cm³/mol. The van der Waals surface area contributed by atoms with Gasteiger partial charge >= 0.3 is 0 Å². The fourth-order valence-corrected chi connectivity index (χ4v) is 12.0. The first-order chi connectivity index (χ1) is 43.9. The van der Waals surface area contributed by atoms with Crippen LogP contribution in [0.4, 0.5) is 0 Å². The maximum atomic E-state index is 9.36. The van der Waals surface area contributed by atoms with Crippen LogP contribution in [-0.2, 0) is 26.5 Å². The van der Waals surface area contributed by atoms with Gasteiger partial charge in [-0.1, -0.05) is 172 Å². The van der Waals surface area contributed by atoms with Crippen molar-refractivity contribution >= 4 is 50.5 Å². The van der Waals surface area contributed by atoms with E-state index in [4.69, 9.17) is 32.2 Å². The molecule has 2 unspecified atom stereocenters. The van der Waals surface area contributed by atoms with Gasteiger partial charge in [0.25, 0.3) is 6.33 Å². The minimum Gasteiger partial charge on any atom is -0.510 e. The number of benzene rings is 10. The first-order valence-electron chi connectivity index (χ1n) is 31.7. The van der Waals surface area contributed by atoms with Crippen LogP contribution in [-0.4, -0.2) is 27.1 Å². The van der Waals surface area contributed by atoms with Crippen molar-refractivity contribution < 1.29 is 58.3 Å². The number of hydrogen-bond acceptors (Lipinski definition) is 5. The van der Waals surface area contributed by atoms with Gasteiger partial charge in [0.2, 0.25) is 13.0 Å². The smallest absolute Gasteiger partial charge is 0.268 e. The molecule has 82 heavy (non-hydrogen) atoms. The summed E-state index contributed by atoms with van der Waals surface area (Å²) in [6, 6.07) is 53.5. The normalized spacial score (nSPS) is 16.4. The third-order valence-electron chi connectivity index (χ3n) is 15.7. The van der Waals surface area contributed by atoms with E-state index >= 15 is 0 Å². The van der Waals surface area contributed by atoms with Gasteiger partial charge in [0, 0.05) is 55.6 Å². The number of hydrogen-bond donors (Lipinski definition) is 0.